The molecule has 0 aliphatic rings. The molecule has 1 heterocycles. The molecule has 2 rings (SSSR count). The summed E-state index contributed by atoms with van der Waals surface area (Å²) in [5, 5.41) is 13.9. The molecule has 2 N–H and O–H groups in total. The Morgan fingerprint density at radius 3 is 2.89 bits per heavy atom. The fourth-order valence-electron chi connectivity index (χ4n) is 1.89. The van der Waals surface area contributed by atoms with Crippen molar-refractivity contribution in [2.75, 3.05) is 30.9 Å². The Hall–Kier alpha value is -2.30. The van der Waals surface area contributed by atoms with Crippen LogP contribution in [0.1, 0.15) is 0 Å². The number of nitrogens with one attached hydrogen (secondary N) is 1. The van der Waals surface area contributed by atoms with Gasteiger partial charge in [-0.3, -0.25) is 4.79 Å². The SMILES string of the molecule is CNc1ccc2ccnc(N(C)CC(=O)O)c2c1. The van der Waals surface area contributed by atoms with Crippen LogP contribution in [0.2, 0.25) is 0 Å². The Labute approximate surface area is 105 Å². The van der Waals surface area contributed by atoms with Crippen LogP contribution in [0, 0.1) is 0 Å². The molecule has 1 aromatic carbocycles. The predicted octanol–water partition coefficient (Wildman–Crippen LogP) is 1.80. The van der Waals surface area contributed by atoms with Crippen molar-refractivity contribution in [2.45, 2.75) is 0 Å². The van der Waals surface area contributed by atoms with Crippen LogP contribution < -0.4 is 10.2 Å². The molecule has 2 aromatic rings. The summed E-state index contributed by atoms with van der Waals surface area (Å²) in [5.41, 5.74) is 0.973. The lowest BCUT2D eigenvalue weighted by atomic mass is 10.1. The van der Waals surface area contributed by atoms with E-state index in [1.54, 1.807) is 18.1 Å². The highest BCUT2D eigenvalue weighted by molar-refractivity contribution is 5.95. The van der Waals surface area contributed by atoms with Crippen molar-refractivity contribution in [1.82, 2.24) is 4.98 Å². The second kappa shape index (κ2) is 4.91. The first kappa shape index (κ1) is 12.2. The summed E-state index contributed by atoms with van der Waals surface area (Å²) in [6, 6.07) is 7.84. The lowest BCUT2D eigenvalue weighted by Gasteiger charge is -2.18. The Kier molecular flexibility index (Phi) is 3.32. The van der Waals surface area contributed by atoms with Crippen LogP contribution in [-0.4, -0.2) is 36.7 Å². The van der Waals surface area contributed by atoms with Crippen LogP contribution >= 0.6 is 0 Å². The van der Waals surface area contributed by atoms with Crippen molar-refractivity contribution in [3.63, 3.8) is 0 Å². The van der Waals surface area contributed by atoms with Crippen LogP contribution in [0.25, 0.3) is 10.8 Å². The van der Waals surface area contributed by atoms with Gasteiger partial charge in [0.1, 0.15) is 12.4 Å². The Morgan fingerprint density at radius 2 is 2.22 bits per heavy atom. The third-order valence-electron chi connectivity index (χ3n) is 2.77. The lowest BCUT2D eigenvalue weighted by molar-refractivity contribution is -0.135. The minimum Gasteiger partial charge on any atom is -0.480 e. The maximum atomic E-state index is 10.8. The topological polar surface area (TPSA) is 65.5 Å². The van der Waals surface area contributed by atoms with Crippen molar-refractivity contribution < 1.29 is 9.90 Å². The van der Waals surface area contributed by atoms with E-state index >= 15 is 0 Å². The Morgan fingerprint density at radius 1 is 1.44 bits per heavy atom. The van der Waals surface area contributed by atoms with E-state index in [-0.39, 0.29) is 6.54 Å². The lowest BCUT2D eigenvalue weighted by Crippen LogP contribution is -2.26. The highest BCUT2D eigenvalue weighted by Gasteiger charge is 2.10. The van der Waals surface area contributed by atoms with Crippen molar-refractivity contribution in [3.8, 4) is 0 Å². The first-order valence-electron chi connectivity index (χ1n) is 5.61. The molecule has 5 heteroatoms. The molecule has 1 aromatic heterocycles. The molecule has 0 atom stereocenters. The zero-order valence-corrected chi connectivity index (χ0v) is 10.3. The van der Waals surface area contributed by atoms with Gasteiger partial charge in [-0.1, -0.05) is 6.07 Å². The number of carboxylic acids is 1. The second-order valence-corrected chi connectivity index (χ2v) is 4.07. The smallest absolute Gasteiger partial charge is 0.323 e. The number of benzene rings is 1. The third-order valence-corrected chi connectivity index (χ3v) is 2.77. The zero-order chi connectivity index (χ0) is 13.1. The molecule has 0 saturated heterocycles. The minimum absolute atomic E-state index is 0.0735. The maximum Gasteiger partial charge on any atom is 0.323 e. The number of hydrogen-bond donors (Lipinski definition) is 2. The Bertz CT molecular complexity index is 583. The van der Waals surface area contributed by atoms with Gasteiger partial charge in [0.25, 0.3) is 0 Å². The molecular formula is C13H15N3O2. The van der Waals surface area contributed by atoms with E-state index in [4.69, 9.17) is 5.11 Å². The number of pyridine rings is 1. The van der Waals surface area contributed by atoms with Gasteiger partial charge < -0.3 is 15.3 Å². The van der Waals surface area contributed by atoms with E-state index in [1.807, 2.05) is 31.3 Å². The van der Waals surface area contributed by atoms with Gasteiger partial charge in [0.05, 0.1) is 0 Å². The summed E-state index contributed by atoms with van der Waals surface area (Å²) < 4.78 is 0. The van der Waals surface area contributed by atoms with Gasteiger partial charge in [-0.15, -0.1) is 0 Å². The highest BCUT2D eigenvalue weighted by Crippen LogP contribution is 2.26. The van der Waals surface area contributed by atoms with Gasteiger partial charge in [-0.2, -0.15) is 0 Å². The number of hydrogen-bond acceptors (Lipinski definition) is 4. The van der Waals surface area contributed by atoms with Gasteiger partial charge in [-0.05, 0) is 23.6 Å². The van der Waals surface area contributed by atoms with Gasteiger partial charge in [0, 0.05) is 31.4 Å². The number of nitrogens with zero attached hydrogens (tertiary/aromatic N) is 2. The quantitative estimate of drug-likeness (QED) is 0.859. The summed E-state index contributed by atoms with van der Waals surface area (Å²) in [6.45, 7) is -0.0735. The van der Waals surface area contributed by atoms with Crippen molar-refractivity contribution in [2.24, 2.45) is 0 Å². The fraction of sp³-hybridized carbons (Fsp3) is 0.231. The molecule has 0 unspecified atom stereocenters. The second-order valence-electron chi connectivity index (χ2n) is 4.07. The summed E-state index contributed by atoms with van der Waals surface area (Å²) in [4.78, 5) is 16.7. The molecule has 0 spiro atoms. The molecule has 0 fully saturated rings. The zero-order valence-electron chi connectivity index (χ0n) is 10.3. The van der Waals surface area contributed by atoms with E-state index < -0.39 is 5.97 Å². The molecule has 0 saturated carbocycles. The summed E-state index contributed by atoms with van der Waals surface area (Å²) >= 11 is 0. The number of aromatic nitrogens is 1. The van der Waals surface area contributed by atoms with Gasteiger partial charge in [0.2, 0.25) is 0 Å². The van der Waals surface area contributed by atoms with E-state index in [0.717, 1.165) is 16.5 Å². The number of anilines is 2. The van der Waals surface area contributed by atoms with Crippen LogP contribution in [-0.2, 0) is 4.79 Å². The average Bonchev–Trinajstić information content (AvgIpc) is 2.36. The number of likely N-dealkylation sites (N-methyl/N-ethyl adjacent to an activating group) is 1. The average molecular weight is 245 g/mol. The minimum atomic E-state index is -0.874. The highest BCUT2D eigenvalue weighted by atomic mass is 16.4. The van der Waals surface area contributed by atoms with Gasteiger partial charge in [0.15, 0.2) is 0 Å². The molecule has 0 bridgehead atoms. The van der Waals surface area contributed by atoms with Crippen molar-refractivity contribution in [3.05, 3.63) is 30.5 Å². The molecule has 0 amide bonds. The largest absolute Gasteiger partial charge is 0.480 e. The molecule has 94 valence electrons. The van der Waals surface area contributed by atoms with Crippen LogP contribution in [0.3, 0.4) is 0 Å². The predicted molar refractivity (Wildman–Crippen MR) is 72.2 cm³/mol. The molecule has 0 aliphatic carbocycles. The standard InChI is InChI=1S/C13H15N3O2/c1-14-10-4-3-9-5-6-15-13(11(9)7-10)16(2)8-12(17)18/h3-7,14H,8H2,1-2H3,(H,17,18). The summed E-state index contributed by atoms with van der Waals surface area (Å²) in [5.74, 6) is -0.201. The van der Waals surface area contributed by atoms with E-state index in [2.05, 4.69) is 10.3 Å². The molecular weight excluding hydrogens is 230 g/mol. The van der Waals surface area contributed by atoms with E-state index in [1.165, 1.54) is 0 Å². The number of aliphatic carboxylic acids is 1. The van der Waals surface area contributed by atoms with Crippen LogP contribution in [0.15, 0.2) is 30.5 Å². The molecule has 0 radical (unpaired) electrons. The van der Waals surface area contributed by atoms with Gasteiger partial charge >= 0.3 is 5.97 Å². The molecule has 5 nitrogen and oxygen atoms in total. The third kappa shape index (κ3) is 2.34. The fourth-order valence-corrected chi connectivity index (χ4v) is 1.89. The number of carbonyl (C=O) groups is 1. The van der Waals surface area contributed by atoms with E-state index in [9.17, 15) is 4.79 Å². The number of rotatable bonds is 4. The van der Waals surface area contributed by atoms with Crippen molar-refractivity contribution in [1.29, 1.82) is 0 Å². The van der Waals surface area contributed by atoms with E-state index in [0.29, 0.717) is 5.82 Å². The molecule has 0 aliphatic heterocycles. The number of carboxylic acid groups (broad SMARTS) is 1. The van der Waals surface area contributed by atoms with Crippen LogP contribution in [0.5, 0.6) is 0 Å². The summed E-state index contributed by atoms with van der Waals surface area (Å²) in [6.07, 6.45) is 1.69. The molecule has 18 heavy (non-hydrogen) atoms. The van der Waals surface area contributed by atoms with Gasteiger partial charge in [-0.25, -0.2) is 4.98 Å². The monoisotopic (exact) mass is 245 g/mol. The normalized spacial score (nSPS) is 10.3. The summed E-state index contributed by atoms with van der Waals surface area (Å²) in [7, 11) is 3.57. The van der Waals surface area contributed by atoms with Crippen LogP contribution in [0.4, 0.5) is 11.5 Å². The Balaban J connectivity index is 2.52. The maximum absolute atomic E-state index is 10.8. The first-order valence-corrected chi connectivity index (χ1v) is 5.61. The number of fused-ring (bicyclic) bond motifs is 1. The first-order chi connectivity index (χ1) is 8.61. The van der Waals surface area contributed by atoms with Crippen molar-refractivity contribution >= 4 is 28.2 Å².